The summed E-state index contributed by atoms with van der Waals surface area (Å²) in [5.74, 6) is -0.772. The number of carboxylic acids is 1. The smallest absolute Gasteiger partial charge is 0.327 e. The molecule has 1 fully saturated rings. The molecule has 1 saturated heterocycles. The van der Waals surface area contributed by atoms with Gasteiger partial charge in [-0.15, -0.1) is 11.8 Å². The van der Waals surface area contributed by atoms with E-state index in [-0.39, 0.29) is 23.3 Å². The van der Waals surface area contributed by atoms with E-state index >= 15 is 0 Å². The molecule has 1 aliphatic rings. The maximum absolute atomic E-state index is 11.9. The van der Waals surface area contributed by atoms with Gasteiger partial charge in [0.05, 0.1) is 5.37 Å². The monoisotopic (exact) mass is 261 g/mol. The van der Waals surface area contributed by atoms with Crippen molar-refractivity contribution < 1.29 is 19.4 Å². The minimum atomic E-state index is -0.950. The fourth-order valence-corrected chi connectivity index (χ4v) is 3.46. The van der Waals surface area contributed by atoms with Crippen LogP contribution in [0.25, 0.3) is 0 Å². The Morgan fingerprint density at radius 2 is 2.06 bits per heavy atom. The first-order valence-electron chi connectivity index (χ1n) is 5.43. The zero-order chi connectivity index (χ0) is 13.2. The largest absolute Gasteiger partial charge is 0.480 e. The Morgan fingerprint density at radius 3 is 2.47 bits per heavy atom. The molecule has 6 heteroatoms. The molecule has 1 N–H and O–H groups in total. The molecular weight excluding hydrogens is 242 g/mol. The molecule has 1 amide bonds. The minimum Gasteiger partial charge on any atom is -0.480 e. The zero-order valence-electron chi connectivity index (χ0n) is 10.6. The number of aliphatic carboxylic acids is 1. The fourth-order valence-electron chi connectivity index (χ4n) is 1.87. The number of amides is 1. The number of rotatable bonds is 3. The van der Waals surface area contributed by atoms with Crippen molar-refractivity contribution in [2.45, 2.75) is 32.2 Å². The molecule has 98 valence electrons. The maximum Gasteiger partial charge on any atom is 0.327 e. The Bertz CT molecular complexity index is 313. The van der Waals surface area contributed by atoms with Crippen molar-refractivity contribution in [1.82, 2.24) is 4.90 Å². The summed E-state index contributed by atoms with van der Waals surface area (Å²) in [4.78, 5) is 24.5. The number of carbonyl (C=O) groups excluding carboxylic acids is 1. The second kappa shape index (κ2) is 5.27. The van der Waals surface area contributed by atoms with Crippen molar-refractivity contribution in [1.29, 1.82) is 0 Å². The number of thioether (sulfide) groups is 1. The first kappa shape index (κ1) is 14.3. The summed E-state index contributed by atoms with van der Waals surface area (Å²) in [6.45, 7) is 5.93. The Kier molecular flexibility index (Phi) is 4.43. The number of hydrogen-bond donors (Lipinski definition) is 1. The summed E-state index contributed by atoms with van der Waals surface area (Å²) < 4.78 is 4.81. The van der Waals surface area contributed by atoms with E-state index in [0.29, 0.717) is 5.75 Å². The van der Waals surface area contributed by atoms with Crippen LogP contribution in [0.2, 0.25) is 0 Å². The van der Waals surface area contributed by atoms with Gasteiger partial charge in [0.25, 0.3) is 0 Å². The van der Waals surface area contributed by atoms with Crippen molar-refractivity contribution in [3.8, 4) is 0 Å². The van der Waals surface area contributed by atoms with Gasteiger partial charge in [0, 0.05) is 12.9 Å². The van der Waals surface area contributed by atoms with Crippen molar-refractivity contribution >= 4 is 23.6 Å². The lowest BCUT2D eigenvalue weighted by atomic mass is 9.94. The summed E-state index contributed by atoms with van der Waals surface area (Å²) in [7, 11) is 1.43. The first-order valence-corrected chi connectivity index (χ1v) is 6.48. The van der Waals surface area contributed by atoms with Crippen LogP contribution in [0, 0.1) is 5.41 Å². The molecule has 1 heterocycles. The van der Waals surface area contributed by atoms with Crippen LogP contribution in [0.15, 0.2) is 0 Å². The summed E-state index contributed by atoms with van der Waals surface area (Å²) in [6.07, 6.45) is 0. The Labute approximate surface area is 105 Å². The van der Waals surface area contributed by atoms with Gasteiger partial charge in [0.2, 0.25) is 5.91 Å². The zero-order valence-corrected chi connectivity index (χ0v) is 11.4. The standard InChI is InChI=1S/C11H19NO4S/c1-11(2,3)10-12(8(13)5-16-4)7(6-17-10)9(14)15/h7,10H,5-6H2,1-4H3,(H,14,15). The van der Waals surface area contributed by atoms with Gasteiger partial charge in [-0.1, -0.05) is 20.8 Å². The number of nitrogens with zero attached hydrogens (tertiary/aromatic N) is 1. The van der Waals surface area contributed by atoms with Gasteiger partial charge in [0.1, 0.15) is 12.6 Å². The molecule has 5 nitrogen and oxygen atoms in total. The summed E-state index contributed by atoms with van der Waals surface area (Å²) in [5, 5.41) is 9.02. The van der Waals surface area contributed by atoms with Crippen molar-refractivity contribution in [3.63, 3.8) is 0 Å². The van der Waals surface area contributed by atoms with Crippen LogP contribution >= 0.6 is 11.8 Å². The van der Waals surface area contributed by atoms with E-state index in [4.69, 9.17) is 9.84 Å². The highest BCUT2D eigenvalue weighted by Crippen LogP contribution is 2.40. The lowest BCUT2D eigenvalue weighted by Gasteiger charge is -2.35. The van der Waals surface area contributed by atoms with Crippen LogP contribution in [-0.2, 0) is 14.3 Å². The van der Waals surface area contributed by atoms with Gasteiger partial charge in [-0.2, -0.15) is 0 Å². The van der Waals surface area contributed by atoms with Crippen LogP contribution in [0.1, 0.15) is 20.8 Å². The van der Waals surface area contributed by atoms with Gasteiger partial charge >= 0.3 is 5.97 Å². The number of methoxy groups -OCH3 is 1. The van der Waals surface area contributed by atoms with E-state index in [1.54, 1.807) is 0 Å². The predicted octanol–water partition coefficient (Wildman–Crippen LogP) is 1.03. The third-order valence-corrected chi connectivity index (χ3v) is 4.34. The van der Waals surface area contributed by atoms with E-state index in [2.05, 4.69) is 0 Å². The third-order valence-electron chi connectivity index (χ3n) is 2.58. The highest BCUT2D eigenvalue weighted by atomic mass is 32.2. The van der Waals surface area contributed by atoms with Crippen LogP contribution in [0.5, 0.6) is 0 Å². The number of hydrogen-bond acceptors (Lipinski definition) is 4. The minimum absolute atomic E-state index is 0.0725. The molecule has 17 heavy (non-hydrogen) atoms. The Balaban J connectivity index is 2.94. The Hall–Kier alpha value is -0.750. The maximum atomic E-state index is 11.9. The average molecular weight is 261 g/mol. The van der Waals surface area contributed by atoms with E-state index in [0.717, 1.165) is 0 Å². The molecule has 0 aromatic carbocycles. The topological polar surface area (TPSA) is 66.8 Å². The third kappa shape index (κ3) is 3.13. The highest BCUT2D eigenvalue weighted by Gasteiger charge is 2.46. The molecule has 0 aromatic heterocycles. The summed E-state index contributed by atoms with van der Waals surface area (Å²) in [5.41, 5.74) is -0.154. The molecule has 0 aliphatic carbocycles. The SMILES string of the molecule is COCC(=O)N1C(C(=O)O)CSC1C(C)(C)C. The molecular formula is C11H19NO4S. The van der Waals surface area contributed by atoms with Gasteiger partial charge in [-0.05, 0) is 5.41 Å². The van der Waals surface area contributed by atoms with Crippen LogP contribution in [0.4, 0.5) is 0 Å². The molecule has 0 radical (unpaired) electrons. The van der Waals surface area contributed by atoms with Crippen molar-refractivity contribution in [2.75, 3.05) is 19.5 Å². The quantitative estimate of drug-likeness (QED) is 0.822. The second-order valence-electron chi connectivity index (χ2n) is 5.14. The molecule has 1 aliphatic heterocycles. The van der Waals surface area contributed by atoms with E-state index in [1.807, 2.05) is 20.8 Å². The molecule has 0 aromatic rings. The molecule has 2 atom stereocenters. The lowest BCUT2D eigenvalue weighted by molar-refractivity contribution is -0.152. The predicted molar refractivity (Wildman–Crippen MR) is 65.8 cm³/mol. The summed E-state index contributed by atoms with van der Waals surface area (Å²) >= 11 is 1.52. The highest BCUT2D eigenvalue weighted by molar-refractivity contribution is 8.00. The van der Waals surface area contributed by atoms with Gasteiger partial charge in [-0.3, -0.25) is 4.79 Å². The normalized spacial score (nSPS) is 25.1. The first-order chi connectivity index (χ1) is 7.79. The molecule has 2 unspecified atom stereocenters. The molecule has 0 spiro atoms. The lowest BCUT2D eigenvalue weighted by Crippen LogP contribution is -2.50. The number of carbonyl (C=O) groups is 2. The van der Waals surface area contributed by atoms with Gasteiger partial charge < -0.3 is 14.7 Å². The molecule has 1 rings (SSSR count). The van der Waals surface area contributed by atoms with E-state index in [1.165, 1.54) is 23.8 Å². The molecule has 0 saturated carbocycles. The fraction of sp³-hybridized carbons (Fsp3) is 0.818. The van der Waals surface area contributed by atoms with Crippen LogP contribution in [-0.4, -0.2) is 52.8 Å². The van der Waals surface area contributed by atoms with E-state index < -0.39 is 12.0 Å². The Morgan fingerprint density at radius 1 is 1.47 bits per heavy atom. The number of carboxylic acid groups (broad SMARTS) is 1. The summed E-state index contributed by atoms with van der Waals surface area (Å²) in [6, 6.07) is -0.744. The number of ether oxygens (including phenoxy) is 1. The average Bonchev–Trinajstić information content (AvgIpc) is 2.60. The van der Waals surface area contributed by atoms with E-state index in [9.17, 15) is 9.59 Å². The van der Waals surface area contributed by atoms with Gasteiger partial charge in [0.15, 0.2) is 0 Å². The van der Waals surface area contributed by atoms with Crippen molar-refractivity contribution in [2.24, 2.45) is 5.41 Å². The second-order valence-corrected chi connectivity index (χ2v) is 6.25. The van der Waals surface area contributed by atoms with Crippen molar-refractivity contribution in [3.05, 3.63) is 0 Å². The molecule has 0 bridgehead atoms. The van der Waals surface area contributed by atoms with Crippen LogP contribution in [0.3, 0.4) is 0 Å². The van der Waals surface area contributed by atoms with Crippen LogP contribution < -0.4 is 0 Å². The van der Waals surface area contributed by atoms with Gasteiger partial charge in [-0.25, -0.2) is 4.79 Å².